The predicted molar refractivity (Wildman–Crippen MR) is 106 cm³/mol. The topological polar surface area (TPSA) is 60.7 Å². The van der Waals surface area contributed by atoms with E-state index in [1.807, 2.05) is 80.9 Å². The van der Waals surface area contributed by atoms with Crippen LogP contribution in [-0.4, -0.2) is 28.4 Å². The smallest absolute Gasteiger partial charge is 0.339 e. The molecule has 0 amide bonds. The quantitative estimate of drug-likeness (QED) is 0.704. The minimum Gasteiger partial charge on any atom is -0.497 e. The number of hydrogen-bond acceptors (Lipinski definition) is 3. The molecular formula is C22H25NO4. The maximum atomic E-state index is 12.1. The fraction of sp³-hybridized carbons (Fsp3) is 0.318. The summed E-state index contributed by atoms with van der Waals surface area (Å²) in [5.74, 6) is -0.258. The summed E-state index contributed by atoms with van der Waals surface area (Å²) in [6, 6.07) is 15.5. The number of carbonyl (C=O) groups is 1. The first-order valence-electron chi connectivity index (χ1n) is 8.85. The lowest BCUT2D eigenvalue weighted by Gasteiger charge is -2.26. The van der Waals surface area contributed by atoms with Crippen LogP contribution >= 0.6 is 0 Å². The minimum atomic E-state index is -1.08. The highest BCUT2D eigenvalue weighted by atomic mass is 16.5. The van der Waals surface area contributed by atoms with E-state index in [4.69, 9.17) is 9.47 Å². The van der Waals surface area contributed by atoms with Crippen molar-refractivity contribution < 1.29 is 19.4 Å². The fourth-order valence-electron chi connectivity index (χ4n) is 3.36. The molecule has 5 heteroatoms. The normalized spacial score (nSPS) is 12.9. The van der Waals surface area contributed by atoms with E-state index in [1.165, 1.54) is 0 Å². The first kappa shape index (κ1) is 19.0. The second-order valence-corrected chi connectivity index (χ2v) is 7.51. The summed E-state index contributed by atoms with van der Waals surface area (Å²) in [4.78, 5) is 12.1. The van der Waals surface area contributed by atoms with Crippen LogP contribution in [-0.2, 0) is 16.6 Å². The van der Waals surface area contributed by atoms with E-state index in [0.29, 0.717) is 5.69 Å². The molecule has 1 heterocycles. The Bertz CT molecular complexity index is 964. The van der Waals surface area contributed by atoms with Crippen molar-refractivity contribution in [3.63, 3.8) is 0 Å². The number of carboxylic acids is 1. The molecule has 0 radical (unpaired) electrons. The van der Waals surface area contributed by atoms with Gasteiger partial charge in [-0.3, -0.25) is 0 Å². The summed E-state index contributed by atoms with van der Waals surface area (Å²) in [7, 11) is 3.50. The van der Waals surface area contributed by atoms with E-state index >= 15 is 0 Å². The maximum absolute atomic E-state index is 12.1. The largest absolute Gasteiger partial charge is 0.497 e. The van der Waals surface area contributed by atoms with Gasteiger partial charge in [0.25, 0.3) is 0 Å². The number of aliphatic carboxylic acids is 1. The third-order valence-electron chi connectivity index (χ3n) is 4.47. The maximum Gasteiger partial charge on any atom is 0.339 e. The van der Waals surface area contributed by atoms with Crippen molar-refractivity contribution in [1.82, 2.24) is 4.57 Å². The molecule has 27 heavy (non-hydrogen) atoms. The van der Waals surface area contributed by atoms with Gasteiger partial charge in [-0.2, -0.15) is 0 Å². The Hall–Kier alpha value is -2.79. The van der Waals surface area contributed by atoms with E-state index in [1.54, 1.807) is 7.11 Å². The molecule has 0 spiro atoms. The number of para-hydroxylation sites is 1. The molecule has 1 unspecified atom stereocenters. The SMILES string of the molecule is COc1ccc(-c2c(C(OC(C)(C)C)C(=O)O)n(C)c3ccccc23)cc1. The lowest BCUT2D eigenvalue weighted by Crippen LogP contribution is -2.28. The zero-order valence-corrected chi connectivity index (χ0v) is 16.3. The Labute approximate surface area is 159 Å². The van der Waals surface area contributed by atoms with Gasteiger partial charge in [-0.15, -0.1) is 0 Å². The van der Waals surface area contributed by atoms with Gasteiger partial charge in [0.2, 0.25) is 0 Å². The molecule has 0 aliphatic heterocycles. The van der Waals surface area contributed by atoms with Crippen LogP contribution in [0.3, 0.4) is 0 Å². The molecule has 0 saturated heterocycles. The summed E-state index contributed by atoms with van der Waals surface area (Å²) in [6.07, 6.45) is -1.08. The van der Waals surface area contributed by atoms with Crippen LogP contribution in [0.2, 0.25) is 0 Å². The number of aryl methyl sites for hydroxylation is 1. The van der Waals surface area contributed by atoms with E-state index in [-0.39, 0.29) is 0 Å². The van der Waals surface area contributed by atoms with E-state index in [2.05, 4.69) is 0 Å². The molecule has 0 fully saturated rings. The zero-order chi connectivity index (χ0) is 19.8. The van der Waals surface area contributed by atoms with Crippen LogP contribution in [0.15, 0.2) is 48.5 Å². The highest BCUT2D eigenvalue weighted by molar-refractivity contribution is 6.00. The van der Waals surface area contributed by atoms with Gasteiger partial charge in [-0.1, -0.05) is 30.3 Å². The molecular weight excluding hydrogens is 342 g/mol. The van der Waals surface area contributed by atoms with E-state index < -0.39 is 17.7 Å². The van der Waals surface area contributed by atoms with Gasteiger partial charge in [0.1, 0.15) is 5.75 Å². The minimum absolute atomic E-state index is 0.601. The van der Waals surface area contributed by atoms with Gasteiger partial charge in [0.15, 0.2) is 6.10 Å². The van der Waals surface area contributed by atoms with Crippen LogP contribution in [0.25, 0.3) is 22.0 Å². The fourth-order valence-corrected chi connectivity index (χ4v) is 3.36. The number of aromatic nitrogens is 1. The van der Waals surface area contributed by atoms with Crippen molar-refractivity contribution in [2.45, 2.75) is 32.5 Å². The number of nitrogens with zero attached hydrogens (tertiary/aromatic N) is 1. The highest BCUT2D eigenvalue weighted by Crippen LogP contribution is 2.40. The van der Waals surface area contributed by atoms with Gasteiger partial charge in [0.05, 0.1) is 18.4 Å². The Balaban J connectivity index is 2.30. The van der Waals surface area contributed by atoms with Gasteiger partial charge < -0.3 is 19.1 Å². The number of carboxylic acid groups (broad SMARTS) is 1. The molecule has 0 saturated carbocycles. The number of methoxy groups -OCH3 is 1. The first-order chi connectivity index (χ1) is 12.7. The lowest BCUT2D eigenvalue weighted by molar-refractivity contribution is -0.161. The van der Waals surface area contributed by atoms with Crippen LogP contribution in [0.1, 0.15) is 32.6 Å². The highest BCUT2D eigenvalue weighted by Gasteiger charge is 2.33. The standard InChI is InChI=1S/C22H25NO4/c1-22(2,3)27-20(21(24)25)19-18(14-10-12-15(26-5)13-11-14)16-8-6-7-9-17(16)23(19)4/h6-13,20H,1-5H3,(H,24,25). The van der Waals surface area contributed by atoms with E-state index in [0.717, 1.165) is 27.8 Å². The number of ether oxygens (including phenoxy) is 2. The third-order valence-corrected chi connectivity index (χ3v) is 4.47. The Morgan fingerprint density at radius 1 is 1.07 bits per heavy atom. The molecule has 1 atom stereocenters. The number of benzene rings is 2. The van der Waals surface area contributed by atoms with Gasteiger partial charge >= 0.3 is 5.97 Å². The molecule has 0 bridgehead atoms. The van der Waals surface area contributed by atoms with Crippen LogP contribution in [0.4, 0.5) is 0 Å². The molecule has 0 aliphatic carbocycles. The number of hydrogen-bond donors (Lipinski definition) is 1. The Morgan fingerprint density at radius 3 is 2.26 bits per heavy atom. The third kappa shape index (κ3) is 3.69. The molecule has 142 valence electrons. The van der Waals surface area contributed by atoms with Crippen molar-refractivity contribution in [3.05, 3.63) is 54.2 Å². The summed E-state index contributed by atoms with van der Waals surface area (Å²) in [6.45, 7) is 5.58. The van der Waals surface area contributed by atoms with Crippen molar-refractivity contribution in [2.75, 3.05) is 7.11 Å². The van der Waals surface area contributed by atoms with Crippen molar-refractivity contribution in [2.24, 2.45) is 7.05 Å². The average Bonchev–Trinajstić information content (AvgIpc) is 2.92. The van der Waals surface area contributed by atoms with Crippen LogP contribution < -0.4 is 4.74 Å². The molecule has 3 rings (SSSR count). The van der Waals surface area contributed by atoms with E-state index in [9.17, 15) is 9.90 Å². The van der Waals surface area contributed by atoms with Crippen LogP contribution in [0.5, 0.6) is 5.75 Å². The molecule has 2 aromatic carbocycles. The monoisotopic (exact) mass is 367 g/mol. The Morgan fingerprint density at radius 2 is 1.70 bits per heavy atom. The van der Waals surface area contributed by atoms with Gasteiger partial charge in [0, 0.05) is 23.5 Å². The molecule has 3 aromatic rings. The second-order valence-electron chi connectivity index (χ2n) is 7.51. The van der Waals surface area contributed by atoms with Gasteiger partial charge in [-0.25, -0.2) is 4.79 Å². The van der Waals surface area contributed by atoms with Crippen LogP contribution in [0, 0.1) is 0 Å². The lowest BCUT2D eigenvalue weighted by atomic mass is 9.99. The number of fused-ring (bicyclic) bond motifs is 1. The summed E-state index contributed by atoms with van der Waals surface area (Å²) >= 11 is 0. The summed E-state index contributed by atoms with van der Waals surface area (Å²) in [5.41, 5.74) is 2.78. The predicted octanol–water partition coefficient (Wildman–Crippen LogP) is 4.79. The zero-order valence-electron chi connectivity index (χ0n) is 16.3. The first-order valence-corrected chi connectivity index (χ1v) is 8.85. The van der Waals surface area contributed by atoms with Gasteiger partial charge in [-0.05, 0) is 44.5 Å². The molecule has 1 aromatic heterocycles. The van der Waals surface area contributed by atoms with Crippen molar-refractivity contribution in [3.8, 4) is 16.9 Å². The number of rotatable bonds is 5. The molecule has 0 aliphatic rings. The average molecular weight is 367 g/mol. The Kier molecular flexibility index (Phi) is 4.98. The second kappa shape index (κ2) is 7.08. The summed E-state index contributed by atoms with van der Waals surface area (Å²) < 4.78 is 13.1. The van der Waals surface area contributed by atoms with Crippen molar-refractivity contribution in [1.29, 1.82) is 0 Å². The molecule has 5 nitrogen and oxygen atoms in total. The molecule has 1 N–H and O–H groups in total. The summed E-state index contributed by atoms with van der Waals surface area (Å²) in [5, 5.41) is 10.9. The van der Waals surface area contributed by atoms with Crippen molar-refractivity contribution >= 4 is 16.9 Å².